The maximum absolute atomic E-state index is 13.4. The molecular weight excluding hydrogens is 418 g/mol. The molecule has 7 heteroatoms. The molecular formula is C26H29N3O4. The first-order chi connectivity index (χ1) is 16.0. The molecule has 7 nitrogen and oxygen atoms in total. The van der Waals surface area contributed by atoms with Crippen LogP contribution >= 0.6 is 0 Å². The van der Waals surface area contributed by atoms with E-state index in [0.29, 0.717) is 24.6 Å². The van der Waals surface area contributed by atoms with Crippen LogP contribution in [0.15, 0.2) is 73.1 Å². The van der Waals surface area contributed by atoms with Crippen LogP contribution in [0.4, 0.5) is 0 Å². The van der Waals surface area contributed by atoms with E-state index in [0.717, 1.165) is 16.7 Å². The standard InChI is InChI=1S/C26H29N3O4/c1-19(26(31)28-17-22-10-7-13-27-16-22)29(18-20-8-5-4-6-9-20)25(30)15-21-11-12-23(32-2)24(14-21)33-3/h4-14,16,19H,15,17-18H2,1-3H3,(H,28,31)/t19-/m1/s1. The van der Waals surface area contributed by atoms with Crippen LogP contribution in [0.5, 0.6) is 11.5 Å². The van der Waals surface area contributed by atoms with E-state index in [4.69, 9.17) is 9.47 Å². The third kappa shape index (κ3) is 6.55. The van der Waals surface area contributed by atoms with E-state index in [9.17, 15) is 9.59 Å². The van der Waals surface area contributed by atoms with Crippen molar-refractivity contribution in [3.8, 4) is 11.5 Å². The van der Waals surface area contributed by atoms with Crippen LogP contribution in [0.2, 0.25) is 0 Å². The number of aromatic nitrogens is 1. The molecule has 0 bridgehead atoms. The monoisotopic (exact) mass is 447 g/mol. The van der Waals surface area contributed by atoms with Gasteiger partial charge in [-0.05, 0) is 41.8 Å². The molecule has 3 aromatic rings. The number of pyridine rings is 1. The van der Waals surface area contributed by atoms with Gasteiger partial charge in [-0.1, -0.05) is 42.5 Å². The molecule has 1 atom stereocenters. The van der Waals surface area contributed by atoms with Gasteiger partial charge in [0.2, 0.25) is 11.8 Å². The summed E-state index contributed by atoms with van der Waals surface area (Å²) in [7, 11) is 3.12. The summed E-state index contributed by atoms with van der Waals surface area (Å²) >= 11 is 0. The van der Waals surface area contributed by atoms with Crippen molar-refractivity contribution in [2.24, 2.45) is 0 Å². The highest BCUT2D eigenvalue weighted by Gasteiger charge is 2.26. The second kappa shape index (κ2) is 11.7. The molecule has 0 spiro atoms. The third-order valence-electron chi connectivity index (χ3n) is 5.36. The molecule has 0 radical (unpaired) electrons. The largest absolute Gasteiger partial charge is 0.493 e. The van der Waals surface area contributed by atoms with Crippen LogP contribution in [0, 0.1) is 0 Å². The van der Waals surface area contributed by atoms with E-state index in [1.165, 1.54) is 0 Å². The van der Waals surface area contributed by atoms with Gasteiger partial charge in [0.1, 0.15) is 6.04 Å². The Balaban J connectivity index is 1.76. The van der Waals surface area contributed by atoms with Crippen molar-refractivity contribution in [1.29, 1.82) is 0 Å². The summed E-state index contributed by atoms with van der Waals surface area (Å²) in [4.78, 5) is 31.9. The molecule has 2 amide bonds. The molecule has 1 aromatic heterocycles. The van der Waals surface area contributed by atoms with Crippen LogP contribution in [-0.4, -0.2) is 42.0 Å². The molecule has 172 valence electrons. The fourth-order valence-electron chi connectivity index (χ4n) is 3.47. The SMILES string of the molecule is COc1ccc(CC(=O)N(Cc2ccccc2)[C@H](C)C(=O)NCc2cccnc2)cc1OC. The molecule has 0 fully saturated rings. The minimum Gasteiger partial charge on any atom is -0.493 e. The summed E-state index contributed by atoms with van der Waals surface area (Å²) in [5.74, 6) is 0.767. The Labute approximate surface area is 194 Å². The molecule has 2 aromatic carbocycles. The quantitative estimate of drug-likeness (QED) is 0.515. The van der Waals surface area contributed by atoms with Crippen molar-refractivity contribution >= 4 is 11.8 Å². The van der Waals surface area contributed by atoms with Gasteiger partial charge in [0, 0.05) is 25.5 Å². The molecule has 0 unspecified atom stereocenters. The lowest BCUT2D eigenvalue weighted by Gasteiger charge is -2.29. The number of carbonyl (C=O) groups is 2. The predicted molar refractivity (Wildman–Crippen MR) is 126 cm³/mol. The molecule has 0 aliphatic heterocycles. The summed E-state index contributed by atoms with van der Waals surface area (Å²) in [5, 5.41) is 2.91. The summed E-state index contributed by atoms with van der Waals surface area (Å²) < 4.78 is 10.6. The van der Waals surface area contributed by atoms with E-state index in [1.807, 2.05) is 48.5 Å². The van der Waals surface area contributed by atoms with Gasteiger partial charge in [0.05, 0.1) is 20.6 Å². The molecule has 1 N–H and O–H groups in total. The number of rotatable bonds is 10. The first-order valence-electron chi connectivity index (χ1n) is 10.7. The van der Waals surface area contributed by atoms with Crippen molar-refractivity contribution in [2.75, 3.05) is 14.2 Å². The van der Waals surface area contributed by atoms with Gasteiger partial charge in [0.25, 0.3) is 0 Å². The van der Waals surface area contributed by atoms with Crippen molar-refractivity contribution in [2.45, 2.75) is 32.5 Å². The molecule has 33 heavy (non-hydrogen) atoms. The highest BCUT2D eigenvalue weighted by atomic mass is 16.5. The number of nitrogens with zero attached hydrogens (tertiary/aromatic N) is 2. The zero-order valence-corrected chi connectivity index (χ0v) is 19.2. The number of benzene rings is 2. The van der Waals surface area contributed by atoms with E-state index in [1.54, 1.807) is 50.6 Å². The zero-order chi connectivity index (χ0) is 23.6. The highest BCUT2D eigenvalue weighted by molar-refractivity contribution is 5.88. The average molecular weight is 448 g/mol. The fourth-order valence-corrected chi connectivity index (χ4v) is 3.47. The predicted octanol–water partition coefficient (Wildman–Crippen LogP) is 3.38. The number of amides is 2. The van der Waals surface area contributed by atoms with Gasteiger partial charge in [-0.15, -0.1) is 0 Å². The number of ether oxygens (including phenoxy) is 2. The Morgan fingerprint density at radius 1 is 0.939 bits per heavy atom. The van der Waals surface area contributed by atoms with Crippen LogP contribution < -0.4 is 14.8 Å². The zero-order valence-electron chi connectivity index (χ0n) is 19.2. The minimum absolute atomic E-state index is 0.132. The number of hydrogen-bond acceptors (Lipinski definition) is 5. The lowest BCUT2D eigenvalue weighted by atomic mass is 10.1. The summed E-state index contributed by atoms with van der Waals surface area (Å²) in [6.45, 7) is 2.42. The van der Waals surface area contributed by atoms with Gasteiger partial charge >= 0.3 is 0 Å². The lowest BCUT2D eigenvalue weighted by Crippen LogP contribution is -2.48. The molecule has 0 aliphatic carbocycles. The molecule has 1 heterocycles. The molecule has 3 rings (SSSR count). The summed E-state index contributed by atoms with van der Waals surface area (Å²) in [6.07, 6.45) is 3.52. The van der Waals surface area contributed by atoms with E-state index in [-0.39, 0.29) is 18.2 Å². The van der Waals surface area contributed by atoms with Gasteiger partial charge in [-0.25, -0.2) is 0 Å². The topological polar surface area (TPSA) is 80.8 Å². The first-order valence-corrected chi connectivity index (χ1v) is 10.7. The lowest BCUT2D eigenvalue weighted by molar-refractivity contribution is -0.140. The Morgan fingerprint density at radius 3 is 2.33 bits per heavy atom. The number of methoxy groups -OCH3 is 2. The minimum atomic E-state index is -0.658. The van der Waals surface area contributed by atoms with Crippen LogP contribution in [0.1, 0.15) is 23.6 Å². The van der Waals surface area contributed by atoms with Gasteiger partial charge in [-0.2, -0.15) is 0 Å². The second-order valence-electron chi connectivity index (χ2n) is 7.63. The second-order valence-corrected chi connectivity index (χ2v) is 7.63. The van der Waals surface area contributed by atoms with Crippen molar-refractivity contribution in [3.63, 3.8) is 0 Å². The molecule has 0 aliphatic rings. The van der Waals surface area contributed by atoms with Crippen molar-refractivity contribution in [3.05, 3.63) is 89.7 Å². The Morgan fingerprint density at radius 2 is 1.67 bits per heavy atom. The summed E-state index contributed by atoms with van der Waals surface area (Å²) in [6, 6.07) is 18.1. The smallest absolute Gasteiger partial charge is 0.242 e. The maximum Gasteiger partial charge on any atom is 0.242 e. The van der Waals surface area contributed by atoms with Crippen LogP contribution in [0.3, 0.4) is 0 Å². The van der Waals surface area contributed by atoms with Gasteiger partial charge < -0.3 is 19.7 Å². The highest BCUT2D eigenvalue weighted by Crippen LogP contribution is 2.28. The first kappa shape index (κ1) is 23.8. The molecule has 0 saturated carbocycles. The van der Waals surface area contributed by atoms with Crippen LogP contribution in [-0.2, 0) is 29.1 Å². The Hall–Kier alpha value is -3.87. The van der Waals surface area contributed by atoms with Crippen molar-refractivity contribution in [1.82, 2.24) is 15.2 Å². The number of carbonyl (C=O) groups excluding carboxylic acids is 2. The van der Waals surface area contributed by atoms with Crippen LogP contribution in [0.25, 0.3) is 0 Å². The van der Waals surface area contributed by atoms with E-state index in [2.05, 4.69) is 10.3 Å². The van der Waals surface area contributed by atoms with Crippen molar-refractivity contribution < 1.29 is 19.1 Å². The van der Waals surface area contributed by atoms with Gasteiger partial charge in [0.15, 0.2) is 11.5 Å². The average Bonchev–Trinajstić information content (AvgIpc) is 2.86. The number of nitrogens with one attached hydrogen (secondary N) is 1. The van der Waals surface area contributed by atoms with Gasteiger partial charge in [-0.3, -0.25) is 14.6 Å². The number of hydrogen-bond donors (Lipinski definition) is 1. The molecule has 0 saturated heterocycles. The van der Waals surface area contributed by atoms with E-state index >= 15 is 0 Å². The Bertz CT molecular complexity index is 1060. The summed E-state index contributed by atoms with van der Waals surface area (Å²) in [5.41, 5.74) is 2.62. The Kier molecular flexibility index (Phi) is 8.41. The maximum atomic E-state index is 13.4. The van der Waals surface area contributed by atoms with E-state index < -0.39 is 6.04 Å². The third-order valence-corrected chi connectivity index (χ3v) is 5.36. The normalized spacial score (nSPS) is 11.4. The fraction of sp³-hybridized carbons (Fsp3) is 0.269.